The second kappa shape index (κ2) is 5.38. The van der Waals surface area contributed by atoms with E-state index in [0.29, 0.717) is 17.9 Å². The molecule has 2 rings (SSSR count). The third-order valence-electron chi connectivity index (χ3n) is 2.36. The molecule has 0 aliphatic heterocycles. The van der Waals surface area contributed by atoms with E-state index < -0.39 is 5.82 Å². The number of thiophene rings is 1. The van der Waals surface area contributed by atoms with Crippen LogP contribution in [0.15, 0.2) is 29.6 Å². The Morgan fingerprint density at radius 2 is 2.24 bits per heavy atom. The number of nitrogens with one attached hydrogen (secondary N) is 1. The van der Waals surface area contributed by atoms with Gasteiger partial charge in [0, 0.05) is 17.5 Å². The second-order valence-corrected chi connectivity index (χ2v) is 5.05. The number of halogens is 2. The van der Waals surface area contributed by atoms with Crippen LogP contribution in [0.4, 0.5) is 15.8 Å². The first-order valence-corrected chi connectivity index (χ1v) is 6.43. The summed E-state index contributed by atoms with van der Waals surface area (Å²) < 4.78 is 13.2. The molecule has 0 radical (unpaired) electrons. The van der Waals surface area contributed by atoms with Crippen molar-refractivity contribution in [2.75, 3.05) is 17.6 Å². The number of anilines is 2. The first kappa shape index (κ1) is 12.2. The summed E-state index contributed by atoms with van der Waals surface area (Å²) in [7, 11) is 0. The average Bonchev–Trinajstić information content (AvgIpc) is 2.78. The predicted molar refractivity (Wildman–Crippen MR) is 72.3 cm³/mol. The summed E-state index contributed by atoms with van der Waals surface area (Å²) in [6, 6.07) is 6.82. The molecule has 0 aliphatic rings. The SMILES string of the molecule is Nc1cc(Cl)c(F)cc1NCCc1cccs1. The molecule has 2 nitrogen and oxygen atoms in total. The fourth-order valence-electron chi connectivity index (χ4n) is 1.49. The second-order valence-electron chi connectivity index (χ2n) is 3.61. The van der Waals surface area contributed by atoms with Crippen LogP contribution in [0.2, 0.25) is 5.02 Å². The standard InChI is InChI=1S/C12H12ClFN2S/c13-9-6-11(15)12(7-10(9)14)16-4-3-8-2-1-5-17-8/h1-2,5-7,16H,3-4,15H2. The topological polar surface area (TPSA) is 38.0 Å². The Balaban J connectivity index is 1.97. The normalized spacial score (nSPS) is 10.5. The molecule has 0 saturated carbocycles. The van der Waals surface area contributed by atoms with E-state index in [-0.39, 0.29) is 5.02 Å². The zero-order chi connectivity index (χ0) is 12.3. The quantitative estimate of drug-likeness (QED) is 0.830. The lowest BCUT2D eigenvalue weighted by Crippen LogP contribution is -2.06. The van der Waals surface area contributed by atoms with E-state index in [4.69, 9.17) is 17.3 Å². The summed E-state index contributed by atoms with van der Waals surface area (Å²) in [5.74, 6) is -0.459. The van der Waals surface area contributed by atoms with Crippen LogP contribution in [-0.4, -0.2) is 6.54 Å². The molecule has 0 amide bonds. The molecule has 1 heterocycles. The maximum absolute atomic E-state index is 13.2. The molecule has 1 aromatic heterocycles. The lowest BCUT2D eigenvalue weighted by Gasteiger charge is -2.09. The van der Waals surface area contributed by atoms with Gasteiger partial charge in [-0.05, 0) is 23.9 Å². The van der Waals surface area contributed by atoms with Crippen molar-refractivity contribution in [2.45, 2.75) is 6.42 Å². The van der Waals surface area contributed by atoms with Crippen molar-refractivity contribution in [1.29, 1.82) is 0 Å². The Morgan fingerprint density at radius 1 is 1.41 bits per heavy atom. The fourth-order valence-corrected chi connectivity index (χ4v) is 2.37. The molecule has 0 fully saturated rings. The van der Waals surface area contributed by atoms with Crippen molar-refractivity contribution in [3.8, 4) is 0 Å². The smallest absolute Gasteiger partial charge is 0.143 e. The number of benzene rings is 1. The van der Waals surface area contributed by atoms with Gasteiger partial charge in [0.1, 0.15) is 5.82 Å². The van der Waals surface area contributed by atoms with Crippen LogP contribution in [0.25, 0.3) is 0 Å². The summed E-state index contributed by atoms with van der Waals surface area (Å²) in [6.45, 7) is 0.714. The fraction of sp³-hybridized carbons (Fsp3) is 0.167. The zero-order valence-corrected chi connectivity index (χ0v) is 10.6. The molecule has 17 heavy (non-hydrogen) atoms. The Bertz CT molecular complexity index is 499. The Labute approximate surface area is 108 Å². The van der Waals surface area contributed by atoms with Gasteiger partial charge in [0.15, 0.2) is 0 Å². The van der Waals surface area contributed by atoms with E-state index in [1.165, 1.54) is 17.0 Å². The highest BCUT2D eigenvalue weighted by Crippen LogP contribution is 2.26. The summed E-state index contributed by atoms with van der Waals surface area (Å²) in [5, 5.41) is 5.18. The van der Waals surface area contributed by atoms with E-state index in [1.54, 1.807) is 11.3 Å². The van der Waals surface area contributed by atoms with Crippen LogP contribution < -0.4 is 11.1 Å². The monoisotopic (exact) mass is 270 g/mol. The highest BCUT2D eigenvalue weighted by molar-refractivity contribution is 7.09. The summed E-state index contributed by atoms with van der Waals surface area (Å²) in [5.41, 5.74) is 6.79. The van der Waals surface area contributed by atoms with Crippen molar-refractivity contribution in [3.05, 3.63) is 45.4 Å². The molecule has 90 valence electrons. The van der Waals surface area contributed by atoms with Gasteiger partial charge in [0.2, 0.25) is 0 Å². The molecule has 5 heteroatoms. The van der Waals surface area contributed by atoms with Crippen LogP contribution in [-0.2, 0) is 6.42 Å². The van der Waals surface area contributed by atoms with Crippen molar-refractivity contribution in [3.63, 3.8) is 0 Å². The average molecular weight is 271 g/mol. The van der Waals surface area contributed by atoms with Gasteiger partial charge in [-0.25, -0.2) is 4.39 Å². The highest BCUT2D eigenvalue weighted by atomic mass is 35.5. The molecular formula is C12H12ClFN2S. The summed E-state index contributed by atoms with van der Waals surface area (Å²) in [4.78, 5) is 1.28. The van der Waals surface area contributed by atoms with Crippen molar-refractivity contribution < 1.29 is 4.39 Å². The van der Waals surface area contributed by atoms with E-state index in [0.717, 1.165) is 6.42 Å². The first-order valence-electron chi connectivity index (χ1n) is 5.17. The number of nitrogens with two attached hydrogens (primary N) is 1. The molecule has 0 aliphatic carbocycles. The van der Waals surface area contributed by atoms with Crippen molar-refractivity contribution in [2.24, 2.45) is 0 Å². The van der Waals surface area contributed by atoms with E-state index >= 15 is 0 Å². The zero-order valence-electron chi connectivity index (χ0n) is 9.04. The third-order valence-corrected chi connectivity index (χ3v) is 3.59. The number of hydrogen-bond donors (Lipinski definition) is 2. The molecule has 0 saturated heterocycles. The van der Waals surface area contributed by atoms with E-state index in [2.05, 4.69) is 11.4 Å². The minimum atomic E-state index is -0.459. The summed E-state index contributed by atoms with van der Waals surface area (Å²) >= 11 is 7.32. The van der Waals surface area contributed by atoms with Crippen molar-refractivity contribution >= 4 is 34.3 Å². The molecule has 2 aromatic rings. The predicted octanol–water partition coefficient (Wildman–Crippen LogP) is 3.78. The highest BCUT2D eigenvalue weighted by Gasteiger charge is 2.05. The number of hydrogen-bond acceptors (Lipinski definition) is 3. The molecule has 0 atom stereocenters. The minimum Gasteiger partial charge on any atom is -0.397 e. The van der Waals surface area contributed by atoms with E-state index in [1.807, 2.05) is 11.4 Å². The van der Waals surface area contributed by atoms with Crippen LogP contribution in [0.5, 0.6) is 0 Å². The van der Waals surface area contributed by atoms with Gasteiger partial charge in [0.25, 0.3) is 0 Å². The van der Waals surface area contributed by atoms with Crippen molar-refractivity contribution in [1.82, 2.24) is 0 Å². The molecule has 0 spiro atoms. The molecule has 0 bridgehead atoms. The molecule has 3 N–H and O–H groups in total. The first-order chi connectivity index (χ1) is 8.16. The van der Waals surface area contributed by atoms with Gasteiger partial charge in [0.05, 0.1) is 16.4 Å². The largest absolute Gasteiger partial charge is 0.397 e. The van der Waals surface area contributed by atoms with Gasteiger partial charge in [-0.2, -0.15) is 0 Å². The Hall–Kier alpha value is -1.26. The Kier molecular flexibility index (Phi) is 3.86. The van der Waals surface area contributed by atoms with Crippen LogP contribution in [0.1, 0.15) is 4.88 Å². The molecular weight excluding hydrogens is 259 g/mol. The van der Waals surface area contributed by atoms with Gasteiger partial charge < -0.3 is 11.1 Å². The van der Waals surface area contributed by atoms with E-state index in [9.17, 15) is 4.39 Å². The Morgan fingerprint density at radius 3 is 2.94 bits per heavy atom. The van der Waals surface area contributed by atoms with Gasteiger partial charge in [-0.3, -0.25) is 0 Å². The number of rotatable bonds is 4. The van der Waals surface area contributed by atoms with Gasteiger partial charge in [-0.15, -0.1) is 11.3 Å². The van der Waals surface area contributed by atoms with Gasteiger partial charge >= 0.3 is 0 Å². The van der Waals surface area contributed by atoms with Crippen LogP contribution >= 0.6 is 22.9 Å². The maximum Gasteiger partial charge on any atom is 0.143 e. The third kappa shape index (κ3) is 3.11. The minimum absolute atomic E-state index is 0.0475. The van der Waals surface area contributed by atoms with Crippen LogP contribution in [0.3, 0.4) is 0 Å². The molecule has 1 aromatic carbocycles. The molecule has 0 unspecified atom stereocenters. The summed E-state index contributed by atoms with van der Waals surface area (Å²) in [6.07, 6.45) is 0.890. The maximum atomic E-state index is 13.2. The van der Waals surface area contributed by atoms with Crippen LogP contribution in [0, 0.1) is 5.82 Å². The van der Waals surface area contributed by atoms with Gasteiger partial charge in [-0.1, -0.05) is 17.7 Å². The lowest BCUT2D eigenvalue weighted by atomic mass is 10.2. The lowest BCUT2D eigenvalue weighted by molar-refractivity contribution is 0.629. The number of nitrogen functional groups attached to an aromatic ring is 1.